The molecule has 0 unspecified atom stereocenters. The van der Waals surface area contributed by atoms with Crippen molar-refractivity contribution in [1.82, 2.24) is 0 Å². The van der Waals surface area contributed by atoms with E-state index in [1.54, 1.807) is 0 Å². The number of oxime groups is 1. The van der Waals surface area contributed by atoms with Crippen molar-refractivity contribution in [2.24, 2.45) is 11.1 Å². The van der Waals surface area contributed by atoms with Crippen molar-refractivity contribution in [1.29, 1.82) is 0 Å². The van der Waals surface area contributed by atoms with Gasteiger partial charge in [-0.3, -0.25) is 0 Å². The lowest BCUT2D eigenvalue weighted by atomic mass is 9.99. The van der Waals surface area contributed by atoms with Crippen LogP contribution >= 0.6 is 0 Å². The van der Waals surface area contributed by atoms with Crippen LogP contribution < -0.4 is 0 Å². The Labute approximate surface area is 97.0 Å². The van der Waals surface area contributed by atoms with Crippen molar-refractivity contribution >= 4 is 5.71 Å². The number of nitrogens with zero attached hydrogens (tertiary/aromatic N) is 1. The van der Waals surface area contributed by atoms with Gasteiger partial charge in [-0.05, 0) is 36.3 Å². The minimum atomic E-state index is 0.454. The molecule has 0 radical (unpaired) electrons. The van der Waals surface area contributed by atoms with Gasteiger partial charge in [-0.1, -0.05) is 43.3 Å². The van der Waals surface area contributed by atoms with Crippen molar-refractivity contribution in [3.8, 4) is 0 Å². The molecule has 2 heteroatoms. The highest BCUT2D eigenvalue weighted by molar-refractivity contribution is 5.87. The first-order valence-corrected chi connectivity index (χ1v) is 5.92. The first-order chi connectivity index (χ1) is 7.63. The zero-order chi connectivity index (χ0) is 11.7. The summed E-state index contributed by atoms with van der Waals surface area (Å²) in [6, 6.07) is 8.84. The Morgan fingerprint density at radius 1 is 1.31 bits per heavy atom. The molecule has 16 heavy (non-hydrogen) atoms. The van der Waals surface area contributed by atoms with Gasteiger partial charge in [-0.15, -0.1) is 0 Å². The first kappa shape index (κ1) is 11.2. The summed E-state index contributed by atoms with van der Waals surface area (Å²) in [5.74, 6) is 1.61. The van der Waals surface area contributed by atoms with Crippen LogP contribution in [0.4, 0.5) is 0 Å². The molecule has 1 N–H and O–H groups in total. The summed E-state index contributed by atoms with van der Waals surface area (Å²) in [5, 5.41) is 12.0. The van der Waals surface area contributed by atoms with Crippen LogP contribution in [-0.2, 0) is 0 Å². The first-order valence-electron chi connectivity index (χ1n) is 5.92. The van der Waals surface area contributed by atoms with Crippen LogP contribution in [0.5, 0.6) is 0 Å². The fourth-order valence-corrected chi connectivity index (χ4v) is 2.23. The van der Waals surface area contributed by atoms with E-state index in [1.807, 2.05) is 6.92 Å². The molecule has 1 aromatic rings. The van der Waals surface area contributed by atoms with Crippen LogP contribution in [0.25, 0.3) is 0 Å². The molecule has 0 amide bonds. The van der Waals surface area contributed by atoms with Crippen molar-refractivity contribution in [3.63, 3.8) is 0 Å². The van der Waals surface area contributed by atoms with Gasteiger partial charge in [0.05, 0.1) is 5.71 Å². The third kappa shape index (κ3) is 2.11. The van der Waals surface area contributed by atoms with E-state index in [0.29, 0.717) is 17.8 Å². The van der Waals surface area contributed by atoms with Gasteiger partial charge in [0.15, 0.2) is 0 Å². The molecule has 0 spiro atoms. The van der Waals surface area contributed by atoms with E-state index in [1.165, 1.54) is 11.1 Å². The van der Waals surface area contributed by atoms with Gasteiger partial charge in [-0.2, -0.15) is 0 Å². The van der Waals surface area contributed by atoms with Gasteiger partial charge in [0.2, 0.25) is 0 Å². The van der Waals surface area contributed by atoms with Crippen molar-refractivity contribution < 1.29 is 5.21 Å². The van der Waals surface area contributed by atoms with Crippen molar-refractivity contribution in [2.75, 3.05) is 0 Å². The standard InChI is InChI=1S/C14H19NO/c1-9(2)11-4-6-12(7-5-11)14-8-13(14)10(3)15-16/h4-7,9,13-14,16H,8H2,1-3H3/b15-10-/t13-,14+/m1/s1. The second-order valence-corrected chi connectivity index (χ2v) is 5.01. The summed E-state index contributed by atoms with van der Waals surface area (Å²) in [6.45, 7) is 6.31. The zero-order valence-electron chi connectivity index (χ0n) is 10.1. The molecule has 1 aliphatic rings. The Morgan fingerprint density at radius 3 is 2.44 bits per heavy atom. The molecule has 86 valence electrons. The molecular formula is C14H19NO. The SMILES string of the molecule is C/C(=N/O)[C@H]1C[C@H]1c1ccc(C(C)C)cc1. The van der Waals surface area contributed by atoms with Gasteiger partial charge in [0.25, 0.3) is 0 Å². The van der Waals surface area contributed by atoms with Crippen LogP contribution in [0, 0.1) is 5.92 Å². The van der Waals surface area contributed by atoms with Gasteiger partial charge in [0.1, 0.15) is 0 Å². The lowest BCUT2D eigenvalue weighted by molar-refractivity contribution is 0.316. The summed E-state index contributed by atoms with van der Waals surface area (Å²) in [5.41, 5.74) is 3.61. The Hall–Kier alpha value is -1.31. The second-order valence-electron chi connectivity index (χ2n) is 5.01. The van der Waals surface area contributed by atoms with Crippen LogP contribution in [0.2, 0.25) is 0 Å². The molecule has 2 rings (SSSR count). The fraction of sp³-hybridized carbons (Fsp3) is 0.500. The van der Waals surface area contributed by atoms with Gasteiger partial charge >= 0.3 is 0 Å². The largest absolute Gasteiger partial charge is 0.411 e. The predicted octanol–water partition coefficient (Wildman–Crippen LogP) is 3.76. The minimum Gasteiger partial charge on any atom is -0.411 e. The molecular weight excluding hydrogens is 198 g/mol. The molecule has 1 aromatic carbocycles. The summed E-state index contributed by atoms with van der Waals surface area (Å²) < 4.78 is 0. The molecule has 1 aliphatic carbocycles. The summed E-state index contributed by atoms with van der Waals surface area (Å²) in [7, 11) is 0. The van der Waals surface area contributed by atoms with E-state index in [0.717, 1.165) is 12.1 Å². The van der Waals surface area contributed by atoms with Gasteiger partial charge in [0, 0.05) is 5.92 Å². The van der Waals surface area contributed by atoms with Gasteiger partial charge in [-0.25, -0.2) is 0 Å². The third-order valence-corrected chi connectivity index (χ3v) is 3.52. The van der Waals surface area contributed by atoms with Gasteiger partial charge < -0.3 is 5.21 Å². The lowest BCUT2D eigenvalue weighted by Crippen LogP contribution is -1.96. The monoisotopic (exact) mass is 217 g/mol. The predicted molar refractivity (Wildman–Crippen MR) is 66.3 cm³/mol. The maximum atomic E-state index is 8.71. The third-order valence-electron chi connectivity index (χ3n) is 3.52. The fourth-order valence-electron chi connectivity index (χ4n) is 2.23. The Morgan fingerprint density at radius 2 is 1.94 bits per heavy atom. The molecule has 0 heterocycles. The highest BCUT2D eigenvalue weighted by Crippen LogP contribution is 2.48. The molecule has 0 saturated heterocycles. The molecule has 2 atom stereocenters. The highest BCUT2D eigenvalue weighted by atomic mass is 16.4. The summed E-state index contributed by atoms with van der Waals surface area (Å²) >= 11 is 0. The Bertz CT molecular complexity index is 392. The van der Waals surface area contributed by atoms with Crippen LogP contribution in [0.1, 0.15) is 50.2 Å². The molecule has 1 fully saturated rings. The summed E-state index contributed by atoms with van der Waals surface area (Å²) in [6.07, 6.45) is 1.12. The number of rotatable bonds is 3. The smallest absolute Gasteiger partial charge is 0.0577 e. The average molecular weight is 217 g/mol. The van der Waals surface area contributed by atoms with E-state index in [2.05, 4.69) is 43.3 Å². The highest BCUT2D eigenvalue weighted by Gasteiger charge is 2.40. The lowest BCUT2D eigenvalue weighted by Gasteiger charge is -2.06. The van der Waals surface area contributed by atoms with E-state index < -0.39 is 0 Å². The summed E-state index contributed by atoms with van der Waals surface area (Å²) in [4.78, 5) is 0. The van der Waals surface area contributed by atoms with Crippen molar-refractivity contribution in [2.45, 2.75) is 39.0 Å². The second kappa shape index (κ2) is 4.28. The number of hydrogen-bond donors (Lipinski definition) is 1. The molecule has 1 saturated carbocycles. The Kier molecular flexibility index (Phi) is 2.99. The number of hydrogen-bond acceptors (Lipinski definition) is 2. The van der Waals surface area contributed by atoms with Crippen molar-refractivity contribution in [3.05, 3.63) is 35.4 Å². The topological polar surface area (TPSA) is 32.6 Å². The minimum absolute atomic E-state index is 0.454. The maximum Gasteiger partial charge on any atom is 0.0577 e. The average Bonchev–Trinajstić information content (AvgIpc) is 3.08. The number of benzene rings is 1. The zero-order valence-corrected chi connectivity index (χ0v) is 10.1. The maximum absolute atomic E-state index is 8.71. The molecule has 0 bridgehead atoms. The van der Waals surface area contributed by atoms with E-state index in [4.69, 9.17) is 5.21 Å². The quantitative estimate of drug-likeness (QED) is 0.466. The van der Waals surface area contributed by atoms with E-state index in [-0.39, 0.29) is 0 Å². The van der Waals surface area contributed by atoms with Crippen LogP contribution in [0.3, 0.4) is 0 Å². The van der Waals surface area contributed by atoms with E-state index in [9.17, 15) is 0 Å². The normalized spacial score (nSPS) is 24.9. The van der Waals surface area contributed by atoms with E-state index >= 15 is 0 Å². The molecule has 2 nitrogen and oxygen atoms in total. The molecule has 0 aromatic heterocycles. The van der Waals surface area contributed by atoms with Crippen LogP contribution in [-0.4, -0.2) is 10.9 Å². The van der Waals surface area contributed by atoms with Crippen LogP contribution in [0.15, 0.2) is 29.4 Å². The Balaban J connectivity index is 2.08. The molecule has 0 aliphatic heterocycles.